The Bertz CT molecular complexity index is 484. The lowest BCUT2D eigenvalue weighted by molar-refractivity contribution is -0.140. The van der Waals surface area contributed by atoms with E-state index in [-0.39, 0.29) is 24.8 Å². The van der Waals surface area contributed by atoms with Crippen LogP contribution in [0.1, 0.15) is 32.8 Å². The first kappa shape index (κ1) is 17.2. The summed E-state index contributed by atoms with van der Waals surface area (Å²) in [5, 5.41) is 10.5. The lowest BCUT2D eigenvalue weighted by Gasteiger charge is -2.29. The van der Waals surface area contributed by atoms with Gasteiger partial charge in [0.1, 0.15) is 0 Å². The molecular weight excluding hydrogens is 268 g/mol. The van der Waals surface area contributed by atoms with Crippen molar-refractivity contribution in [3.8, 4) is 0 Å². The summed E-state index contributed by atoms with van der Waals surface area (Å²) in [6.45, 7) is 5.82. The first-order valence-corrected chi connectivity index (χ1v) is 7.06. The zero-order valence-corrected chi connectivity index (χ0v) is 12.9. The van der Waals surface area contributed by atoms with E-state index < -0.39 is 11.5 Å². The highest BCUT2D eigenvalue weighted by atomic mass is 16.3. The molecule has 0 aliphatic carbocycles. The quantitative estimate of drug-likeness (QED) is 0.793. The van der Waals surface area contributed by atoms with Gasteiger partial charge in [-0.05, 0) is 18.4 Å². The van der Waals surface area contributed by atoms with E-state index in [0.717, 1.165) is 0 Å². The molecule has 1 unspecified atom stereocenters. The number of carbonyl (C=O) groups excluding carboxylic acids is 2. The molecule has 0 radical (unpaired) electrons. The Balaban J connectivity index is 2.82. The predicted molar refractivity (Wildman–Crippen MR) is 81.2 cm³/mol. The molecule has 21 heavy (non-hydrogen) atoms. The molecule has 0 aliphatic heterocycles. The van der Waals surface area contributed by atoms with Crippen LogP contribution in [0.3, 0.4) is 0 Å². The van der Waals surface area contributed by atoms with Gasteiger partial charge in [-0.3, -0.25) is 9.59 Å². The first-order valence-electron chi connectivity index (χ1n) is 7.06. The van der Waals surface area contributed by atoms with E-state index in [1.54, 1.807) is 19.1 Å². The molecule has 0 spiro atoms. The number of hydrogen-bond donors (Lipinski definition) is 2. The molecular formula is C16H24N2O3. The maximum Gasteiger partial charge on any atom is 0.237 e. The summed E-state index contributed by atoms with van der Waals surface area (Å²) in [6, 6.07) is 9.01. The molecule has 116 valence electrons. The minimum absolute atomic E-state index is 0.0863. The maximum absolute atomic E-state index is 12.4. The third-order valence-corrected chi connectivity index (χ3v) is 3.18. The summed E-state index contributed by atoms with van der Waals surface area (Å²) in [5.74, 6) is -0.616. The summed E-state index contributed by atoms with van der Waals surface area (Å²) >= 11 is 0. The number of amides is 2. The van der Waals surface area contributed by atoms with Gasteiger partial charge in [0.25, 0.3) is 0 Å². The van der Waals surface area contributed by atoms with Crippen molar-refractivity contribution < 1.29 is 14.7 Å². The molecule has 1 aromatic carbocycles. The minimum atomic E-state index is -1.27. The van der Waals surface area contributed by atoms with E-state index in [1.165, 1.54) is 4.90 Å². The second kappa shape index (κ2) is 7.22. The second-order valence-corrected chi connectivity index (χ2v) is 5.95. The van der Waals surface area contributed by atoms with Crippen LogP contribution in [0.25, 0.3) is 0 Å². The van der Waals surface area contributed by atoms with Crippen LogP contribution in [0.4, 0.5) is 0 Å². The fourth-order valence-corrected chi connectivity index (χ4v) is 2.19. The molecule has 5 heteroatoms. The lowest BCUT2D eigenvalue weighted by Crippen LogP contribution is -2.43. The van der Waals surface area contributed by atoms with Gasteiger partial charge in [0.2, 0.25) is 11.8 Å². The van der Waals surface area contributed by atoms with Gasteiger partial charge in [-0.15, -0.1) is 0 Å². The maximum atomic E-state index is 12.4. The highest BCUT2D eigenvalue weighted by Gasteiger charge is 2.29. The fraction of sp³-hybridized carbons (Fsp3) is 0.500. The van der Waals surface area contributed by atoms with E-state index in [2.05, 4.69) is 0 Å². The van der Waals surface area contributed by atoms with Crippen molar-refractivity contribution >= 4 is 11.8 Å². The molecule has 0 saturated carbocycles. The van der Waals surface area contributed by atoms with Crippen LogP contribution in [0.5, 0.6) is 0 Å². The molecule has 0 aliphatic rings. The number of benzene rings is 1. The normalized spacial score (nSPS) is 13.8. The van der Waals surface area contributed by atoms with Crippen LogP contribution in [0.2, 0.25) is 0 Å². The number of hydrogen-bond acceptors (Lipinski definition) is 3. The van der Waals surface area contributed by atoms with Crippen LogP contribution < -0.4 is 5.73 Å². The first-order chi connectivity index (χ1) is 9.72. The fourth-order valence-electron chi connectivity index (χ4n) is 2.19. The summed E-state index contributed by atoms with van der Waals surface area (Å²) in [7, 11) is 0. The summed E-state index contributed by atoms with van der Waals surface area (Å²) in [4.78, 5) is 24.9. The van der Waals surface area contributed by atoms with Gasteiger partial charge in [0.05, 0.1) is 18.6 Å². The smallest absolute Gasteiger partial charge is 0.237 e. The predicted octanol–water partition coefficient (Wildman–Crippen LogP) is 1.25. The summed E-state index contributed by atoms with van der Waals surface area (Å²) in [5.41, 5.74) is 4.58. The zero-order chi connectivity index (χ0) is 16.0. The van der Waals surface area contributed by atoms with Crippen molar-refractivity contribution in [1.29, 1.82) is 0 Å². The zero-order valence-electron chi connectivity index (χ0n) is 12.9. The Morgan fingerprint density at radius 1 is 1.29 bits per heavy atom. The van der Waals surface area contributed by atoms with E-state index in [0.29, 0.717) is 12.1 Å². The van der Waals surface area contributed by atoms with Gasteiger partial charge in [-0.1, -0.05) is 44.2 Å². The van der Waals surface area contributed by atoms with Crippen LogP contribution in [-0.2, 0) is 15.2 Å². The molecule has 3 N–H and O–H groups in total. The molecule has 1 aromatic rings. The molecule has 1 atom stereocenters. The molecule has 0 heterocycles. The third-order valence-electron chi connectivity index (χ3n) is 3.18. The number of nitrogens with two attached hydrogens (primary N) is 1. The molecule has 0 aromatic heterocycles. The Morgan fingerprint density at radius 3 is 2.33 bits per heavy atom. The van der Waals surface area contributed by atoms with Crippen molar-refractivity contribution in [3.63, 3.8) is 0 Å². The molecule has 0 fully saturated rings. The van der Waals surface area contributed by atoms with Crippen LogP contribution >= 0.6 is 0 Å². The van der Waals surface area contributed by atoms with Crippen LogP contribution in [-0.4, -0.2) is 34.9 Å². The van der Waals surface area contributed by atoms with Crippen LogP contribution in [0, 0.1) is 5.92 Å². The van der Waals surface area contributed by atoms with E-state index in [4.69, 9.17) is 5.73 Å². The van der Waals surface area contributed by atoms with Gasteiger partial charge in [-0.2, -0.15) is 0 Å². The average molecular weight is 292 g/mol. The minimum Gasteiger partial charge on any atom is -0.385 e. The molecule has 5 nitrogen and oxygen atoms in total. The number of nitrogens with zero attached hydrogens (tertiary/aromatic N) is 1. The van der Waals surface area contributed by atoms with Gasteiger partial charge in [0, 0.05) is 6.54 Å². The topological polar surface area (TPSA) is 83.6 Å². The molecule has 0 saturated heterocycles. The number of primary amides is 1. The SMILES string of the molecule is CC(C)CN(CC(N)=O)C(=O)CC(C)(O)c1ccccc1. The highest BCUT2D eigenvalue weighted by Crippen LogP contribution is 2.25. The van der Waals surface area contributed by atoms with Crippen molar-refractivity contribution in [1.82, 2.24) is 4.90 Å². The molecule has 2 amide bonds. The van der Waals surface area contributed by atoms with E-state index in [9.17, 15) is 14.7 Å². The van der Waals surface area contributed by atoms with Crippen molar-refractivity contribution in [2.75, 3.05) is 13.1 Å². The van der Waals surface area contributed by atoms with Crippen molar-refractivity contribution in [2.24, 2.45) is 11.7 Å². The van der Waals surface area contributed by atoms with Gasteiger partial charge < -0.3 is 15.7 Å². The Hall–Kier alpha value is -1.88. The number of rotatable bonds is 7. The Labute approximate surface area is 125 Å². The standard InChI is InChI=1S/C16H24N2O3/c1-12(2)10-18(11-14(17)19)15(20)9-16(3,21)13-7-5-4-6-8-13/h4-8,12,21H,9-11H2,1-3H3,(H2,17,19). The second-order valence-electron chi connectivity index (χ2n) is 5.95. The largest absolute Gasteiger partial charge is 0.385 e. The number of aliphatic hydroxyl groups is 1. The van der Waals surface area contributed by atoms with Crippen LogP contribution in [0.15, 0.2) is 30.3 Å². The third kappa shape index (κ3) is 5.55. The van der Waals surface area contributed by atoms with E-state index in [1.807, 2.05) is 32.0 Å². The van der Waals surface area contributed by atoms with Crippen molar-refractivity contribution in [3.05, 3.63) is 35.9 Å². The summed E-state index contributed by atoms with van der Waals surface area (Å²) < 4.78 is 0. The van der Waals surface area contributed by atoms with Crippen molar-refractivity contribution in [2.45, 2.75) is 32.8 Å². The lowest BCUT2D eigenvalue weighted by atomic mass is 9.92. The Kier molecular flexibility index (Phi) is 5.90. The highest BCUT2D eigenvalue weighted by molar-refractivity contribution is 5.84. The number of carbonyl (C=O) groups is 2. The van der Waals surface area contributed by atoms with Gasteiger partial charge in [-0.25, -0.2) is 0 Å². The Morgan fingerprint density at radius 2 is 1.86 bits per heavy atom. The molecule has 1 rings (SSSR count). The summed E-state index contributed by atoms with van der Waals surface area (Å²) in [6.07, 6.45) is -0.0863. The van der Waals surface area contributed by atoms with Gasteiger partial charge >= 0.3 is 0 Å². The monoisotopic (exact) mass is 292 g/mol. The average Bonchev–Trinajstić information content (AvgIpc) is 2.37. The van der Waals surface area contributed by atoms with Gasteiger partial charge in [0.15, 0.2) is 0 Å². The molecule has 0 bridgehead atoms. The van der Waals surface area contributed by atoms with E-state index >= 15 is 0 Å².